The molecule has 0 saturated carbocycles. The average molecular weight is 971 g/mol. The quantitative estimate of drug-likeness (QED) is 0.0338. The highest BCUT2D eigenvalue weighted by Crippen LogP contribution is 2.12. The first-order valence-corrected chi connectivity index (χ1v) is 27.6. The van der Waals surface area contributed by atoms with Gasteiger partial charge in [0.15, 0.2) is 0 Å². The number of methoxy groups -OCH3 is 1. The Labute approximate surface area is 416 Å². The van der Waals surface area contributed by atoms with Crippen molar-refractivity contribution in [2.24, 2.45) is 5.73 Å². The number of hydrogen-bond donors (Lipinski definition) is 2. The van der Waals surface area contributed by atoms with Crippen LogP contribution >= 0.6 is 0 Å². The number of ether oxygens (including phenoxy) is 9. The van der Waals surface area contributed by atoms with Crippen molar-refractivity contribution in [1.29, 1.82) is 0 Å². The van der Waals surface area contributed by atoms with Gasteiger partial charge in [-0.15, -0.1) is 0 Å². The molecule has 13 heteroatoms. The van der Waals surface area contributed by atoms with E-state index in [0.29, 0.717) is 59.4 Å². The van der Waals surface area contributed by atoms with E-state index in [4.69, 9.17) is 48.4 Å². The van der Waals surface area contributed by atoms with Crippen molar-refractivity contribution in [2.75, 3.05) is 113 Å². The molecular formula is C55H106N2O11. The third-order valence-electron chi connectivity index (χ3n) is 11.5. The molecule has 0 aromatic carbocycles. The van der Waals surface area contributed by atoms with Gasteiger partial charge in [-0.25, -0.2) is 0 Å². The first-order valence-electron chi connectivity index (χ1n) is 27.6. The van der Waals surface area contributed by atoms with Crippen LogP contribution in [0.3, 0.4) is 0 Å². The van der Waals surface area contributed by atoms with Gasteiger partial charge in [-0.3, -0.25) is 9.59 Å². The van der Waals surface area contributed by atoms with E-state index >= 15 is 0 Å². The highest BCUT2D eigenvalue weighted by molar-refractivity contribution is 5.75. The van der Waals surface area contributed by atoms with Gasteiger partial charge in [-0.05, 0) is 64.2 Å². The summed E-state index contributed by atoms with van der Waals surface area (Å²) in [7, 11) is 1.46. The Kier molecular flexibility index (Phi) is 56.0. The van der Waals surface area contributed by atoms with Crippen LogP contribution in [0.5, 0.6) is 0 Å². The standard InChI is InChI=1S/C55H106N2O11/c1-4-6-8-10-12-14-16-18-20-22-24-26-28-30-32-34-37-64-49-52(66-38-35-33-31-29-27-25-23-21-19-17-15-13-11-9-7-5-2)50-65-45-44-62-41-40-61-42-43-63-46-47-67-54(58)48-57-36-39-68-55(59)53(56)51-60-3/h18-21,52-53,57H,4-17,22-51,56H2,1-3H3/b20-18-,21-19-. The maximum absolute atomic E-state index is 11.8. The second-order valence-corrected chi connectivity index (χ2v) is 18.0. The van der Waals surface area contributed by atoms with Crippen LogP contribution in [0, 0.1) is 0 Å². The SMILES string of the molecule is CCCCCCCC/C=C\CCCCCCCCOCC(COCCOCCOCCOCCOC(=O)CNCCOC(=O)C(N)COC)OCCCCCCCC/C=C\CCCCCCCC. The summed E-state index contributed by atoms with van der Waals surface area (Å²) < 4.78 is 50.0. The second-order valence-electron chi connectivity index (χ2n) is 18.0. The molecule has 0 aliphatic heterocycles. The van der Waals surface area contributed by atoms with E-state index in [-0.39, 0.29) is 39.1 Å². The first-order chi connectivity index (χ1) is 33.5. The molecule has 0 rings (SSSR count). The molecule has 68 heavy (non-hydrogen) atoms. The lowest BCUT2D eigenvalue weighted by atomic mass is 10.1. The van der Waals surface area contributed by atoms with Gasteiger partial charge in [-0.1, -0.05) is 154 Å². The summed E-state index contributed by atoms with van der Waals surface area (Å²) in [6.07, 6.45) is 45.8. The first kappa shape index (κ1) is 66.1. The van der Waals surface area contributed by atoms with Gasteiger partial charge in [0.25, 0.3) is 0 Å². The molecule has 0 heterocycles. The zero-order valence-corrected chi connectivity index (χ0v) is 44.1. The topological polar surface area (TPSA) is 155 Å². The molecular weight excluding hydrogens is 865 g/mol. The minimum Gasteiger partial charge on any atom is -0.463 e. The lowest BCUT2D eigenvalue weighted by molar-refractivity contribution is -0.146. The molecule has 0 aliphatic carbocycles. The Bertz CT molecular complexity index is 1080. The molecule has 2 atom stereocenters. The van der Waals surface area contributed by atoms with Gasteiger partial charge in [0.1, 0.15) is 25.4 Å². The van der Waals surface area contributed by atoms with Gasteiger partial charge in [0.05, 0.1) is 72.6 Å². The van der Waals surface area contributed by atoms with Crippen molar-refractivity contribution in [3.8, 4) is 0 Å². The van der Waals surface area contributed by atoms with Crippen LogP contribution in [0.2, 0.25) is 0 Å². The molecule has 0 saturated heterocycles. The van der Waals surface area contributed by atoms with Gasteiger partial charge in [-0.2, -0.15) is 0 Å². The molecule has 13 nitrogen and oxygen atoms in total. The second kappa shape index (κ2) is 57.6. The fraction of sp³-hybridized carbons (Fsp3) is 0.891. The van der Waals surface area contributed by atoms with Crippen molar-refractivity contribution in [1.82, 2.24) is 5.32 Å². The summed E-state index contributed by atoms with van der Waals surface area (Å²) in [6, 6.07) is -0.825. The number of nitrogens with two attached hydrogens (primary N) is 1. The molecule has 402 valence electrons. The summed E-state index contributed by atoms with van der Waals surface area (Å²) in [4.78, 5) is 23.4. The number of rotatable bonds is 57. The Morgan fingerprint density at radius 1 is 0.441 bits per heavy atom. The number of allylic oxidation sites excluding steroid dienone is 4. The van der Waals surface area contributed by atoms with Crippen molar-refractivity contribution < 1.29 is 52.2 Å². The van der Waals surface area contributed by atoms with E-state index in [9.17, 15) is 9.59 Å². The molecule has 0 radical (unpaired) electrons. The number of unbranched alkanes of at least 4 members (excludes halogenated alkanes) is 24. The third kappa shape index (κ3) is 53.4. The predicted molar refractivity (Wildman–Crippen MR) is 277 cm³/mol. The monoisotopic (exact) mass is 971 g/mol. The molecule has 0 fully saturated rings. The Hall–Kier alpha value is -1.94. The van der Waals surface area contributed by atoms with Crippen molar-refractivity contribution in [3.63, 3.8) is 0 Å². The molecule has 0 amide bonds. The number of carbonyl (C=O) groups is 2. The van der Waals surface area contributed by atoms with Crippen LogP contribution in [0.1, 0.15) is 194 Å². The van der Waals surface area contributed by atoms with Crippen LogP contribution in [-0.4, -0.2) is 137 Å². The molecule has 0 aliphatic rings. The van der Waals surface area contributed by atoms with Crippen LogP contribution in [0.4, 0.5) is 0 Å². The number of nitrogens with one attached hydrogen (secondary N) is 1. The fourth-order valence-corrected chi connectivity index (χ4v) is 7.32. The van der Waals surface area contributed by atoms with Gasteiger partial charge in [0, 0.05) is 26.9 Å². The maximum Gasteiger partial charge on any atom is 0.325 e. The summed E-state index contributed by atoms with van der Waals surface area (Å²) in [5.74, 6) is -0.974. The third-order valence-corrected chi connectivity index (χ3v) is 11.5. The normalized spacial score (nSPS) is 12.7. The van der Waals surface area contributed by atoms with E-state index in [0.717, 1.165) is 26.1 Å². The van der Waals surface area contributed by atoms with Gasteiger partial charge >= 0.3 is 11.9 Å². The number of carbonyl (C=O) groups excluding carboxylic acids is 2. The van der Waals surface area contributed by atoms with Crippen LogP contribution < -0.4 is 11.1 Å². The van der Waals surface area contributed by atoms with E-state index in [2.05, 4.69) is 43.5 Å². The fourth-order valence-electron chi connectivity index (χ4n) is 7.32. The predicted octanol–water partition coefficient (Wildman–Crippen LogP) is 11.2. The molecule has 0 spiro atoms. The molecule has 0 bridgehead atoms. The van der Waals surface area contributed by atoms with E-state index in [1.165, 1.54) is 174 Å². The molecule has 3 N–H and O–H groups in total. The summed E-state index contributed by atoms with van der Waals surface area (Å²) in [5.41, 5.74) is 5.59. The average Bonchev–Trinajstić information content (AvgIpc) is 3.34. The minimum absolute atomic E-state index is 0.00469. The van der Waals surface area contributed by atoms with Crippen LogP contribution in [0.25, 0.3) is 0 Å². The molecule has 0 aromatic rings. The van der Waals surface area contributed by atoms with E-state index in [1.807, 2.05) is 0 Å². The molecule has 2 unspecified atom stereocenters. The highest BCUT2D eigenvalue weighted by atomic mass is 16.6. The van der Waals surface area contributed by atoms with Gasteiger partial charge < -0.3 is 53.7 Å². The van der Waals surface area contributed by atoms with Crippen LogP contribution in [-0.2, 0) is 52.2 Å². The zero-order chi connectivity index (χ0) is 49.3. The van der Waals surface area contributed by atoms with Crippen molar-refractivity contribution in [3.05, 3.63) is 24.3 Å². The largest absolute Gasteiger partial charge is 0.463 e. The van der Waals surface area contributed by atoms with E-state index < -0.39 is 18.0 Å². The lowest BCUT2D eigenvalue weighted by Crippen LogP contribution is -2.38. The minimum atomic E-state index is -0.825. The lowest BCUT2D eigenvalue weighted by Gasteiger charge is -2.18. The number of esters is 2. The van der Waals surface area contributed by atoms with Crippen molar-refractivity contribution >= 4 is 11.9 Å². The smallest absolute Gasteiger partial charge is 0.325 e. The van der Waals surface area contributed by atoms with Crippen molar-refractivity contribution in [2.45, 2.75) is 206 Å². The Balaban J connectivity index is 4.07. The maximum atomic E-state index is 11.8. The zero-order valence-electron chi connectivity index (χ0n) is 44.1. The van der Waals surface area contributed by atoms with E-state index in [1.54, 1.807) is 0 Å². The molecule has 0 aromatic heterocycles. The summed E-state index contributed by atoms with van der Waals surface area (Å²) >= 11 is 0. The van der Waals surface area contributed by atoms with Crippen LogP contribution in [0.15, 0.2) is 24.3 Å². The van der Waals surface area contributed by atoms with Gasteiger partial charge in [0.2, 0.25) is 0 Å². The Morgan fingerprint density at radius 2 is 0.838 bits per heavy atom. The Morgan fingerprint density at radius 3 is 1.31 bits per heavy atom. The highest BCUT2D eigenvalue weighted by Gasteiger charge is 2.14. The number of hydrogen-bond acceptors (Lipinski definition) is 13. The summed E-state index contributed by atoms with van der Waals surface area (Å²) in [6.45, 7) is 10.6. The summed E-state index contributed by atoms with van der Waals surface area (Å²) in [5, 5.41) is 2.85.